The number of H-pyrrole nitrogens is 1. The van der Waals surface area contributed by atoms with Gasteiger partial charge in [0.1, 0.15) is 0 Å². The second kappa shape index (κ2) is 8.47. The minimum atomic E-state index is -0.829. The first-order valence-corrected chi connectivity index (χ1v) is 11.8. The number of aromatic nitrogens is 2. The van der Waals surface area contributed by atoms with Gasteiger partial charge >= 0.3 is 0 Å². The molecule has 1 saturated carbocycles. The van der Waals surface area contributed by atoms with E-state index in [0.717, 1.165) is 24.0 Å². The van der Waals surface area contributed by atoms with Crippen LogP contribution in [-0.4, -0.2) is 34.3 Å². The molecule has 1 atom stereocenters. The fourth-order valence-electron chi connectivity index (χ4n) is 4.49. The van der Waals surface area contributed by atoms with Crippen molar-refractivity contribution in [1.29, 1.82) is 0 Å². The van der Waals surface area contributed by atoms with Gasteiger partial charge in [-0.2, -0.15) is 0 Å². The third-order valence-electron chi connectivity index (χ3n) is 6.42. The van der Waals surface area contributed by atoms with Crippen LogP contribution < -0.4 is 21.3 Å². The van der Waals surface area contributed by atoms with Crippen LogP contribution >= 0.6 is 11.3 Å². The molecule has 0 bridgehead atoms. The molecule has 2 heterocycles. The molecule has 0 radical (unpaired) electrons. The van der Waals surface area contributed by atoms with Crippen LogP contribution in [0.15, 0.2) is 47.7 Å². The second-order valence-electron chi connectivity index (χ2n) is 8.52. The number of ketones is 1. The molecule has 0 spiro atoms. The molecule has 2 aliphatic rings. The number of aromatic amines is 1. The number of benzene rings is 1. The maximum atomic E-state index is 14.0. The van der Waals surface area contributed by atoms with E-state index < -0.39 is 5.41 Å². The van der Waals surface area contributed by atoms with Crippen molar-refractivity contribution in [2.24, 2.45) is 0 Å². The van der Waals surface area contributed by atoms with Crippen LogP contribution in [0.25, 0.3) is 0 Å². The summed E-state index contributed by atoms with van der Waals surface area (Å²) in [7, 11) is 0. The maximum Gasteiger partial charge on any atom is 0.293 e. The Kier molecular flexibility index (Phi) is 5.49. The van der Waals surface area contributed by atoms with E-state index in [0.29, 0.717) is 34.7 Å². The molecule has 0 aliphatic heterocycles. The smallest absolute Gasteiger partial charge is 0.293 e. The zero-order valence-electron chi connectivity index (χ0n) is 17.9. The molecule has 2 aromatic heterocycles. The van der Waals surface area contributed by atoms with E-state index in [1.165, 1.54) is 23.9 Å². The molecule has 9 heteroatoms. The first-order valence-electron chi connectivity index (χ1n) is 11.0. The van der Waals surface area contributed by atoms with E-state index in [9.17, 15) is 14.4 Å². The SMILES string of the molecule is Nc1sc2c(c1C(=O)NC1CC1)CCC(CCOc1cnc[nH]c1=O)(c1ccccc1)C2=O. The number of hydrogen-bond donors (Lipinski definition) is 3. The first-order chi connectivity index (χ1) is 16.0. The third kappa shape index (κ3) is 3.93. The van der Waals surface area contributed by atoms with Crippen LogP contribution in [-0.2, 0) is 11.8 Å². The number of thiophene rings is 1. The van der Waals surface area contributed by atoms with Crippen molar-refractivity contribution in [3.8, 4) is 5.75 Å². The van der Waals surface area contributed by atoms with Gasteiger partial charge in [0.25, 0.3) is 11.5 Å². The highest BCUT2D eigenvalue weighted by molar-refractivity contribution is 7.18. The summed E-state index contributed by atoms with van der Waals surface area (Å²) in [5, 5.41) is 3.37. The van der Waals surface area contributed by atoms with Gasteiger partial charge in [0.05, 0.1) is 40.0 Å². The van der Waals surface area contributed by atoms with Crippen LogP contribution in [0.1, 0.15) is 56.8 Å². The quantitative estimate of drug-likeness (QED) is 0.493. The van der Waals surface area contributed by atoms with Gasteiger partial charge in [-0.1, -0.05) is 30.3 Å². The van der Waals surface area contributed by atoms with Crippen molar-refractivity contribution in [3.63, 3.8) is 0 Å². The molecule has 8 nitrogen and oxygen atoms in total. The van der Waals surface area contributed by atoms with Crippen molar-refractivity contribution in [1.82, 2.24) is 15.3 Å². The summed E-state index contributed by atoms with van der Waals surface area (Å²) < 4.78 is 5.70. The number of Topliss-reactive ketones (excluding diaryl/α,β-unsaturated/α-hetero) is 1. The van der Waals surface area contributed by atoms with Crippen molar-refractivity contribution < 1.29 is 14.3 Å². The van der Waals surface area contributed by atoms with Gasteiger partial charge in [0, 0.05) is 6.04 Å². The van der Waals surface area contributed by atoms with E-state index >= 15 is 0 Å². The minimum absolute atomic E-state index is 0.0548. The summed E-state index contributed by atoms with van der Waals surface area (Å²) in [5.41, 5.74) is 7.13. The van der Waals surface area contributed by atoms with Crippen LogP contribution in [0.3, 0.4) is 0 Å². The van der Waals surface area contributed by atoms with Gasteiger partial charge in [-0.05, 0) is 43.2 Å². The summed E-state index contributed by atoms with van der Waals surface area (Å²) in [5.74, 6) is -0.128. The van der Waals surface area contributed by atoms with Gasteiger partial charge < -0.3 is 20.8 Å². The Morgan fingerprint density at radius 1 is 1.27 bits per heavy atom. The molecule has 1 amide bonds. The van der Waals surface area contributed by atoms with E-state index in [1.807, 2.05) is 30.3 Å². The van der Waals surface area contributed by atoms with Crippen molar-refractivity contribution in [2.75, 3.05) is 12.3 Å². The van der Waals surface area contributed by atoms with Gasteiger partial charge in [0.15, 0.2) is 5.78 Å². The number of anilines is 1. The molecule has 2 aliphatic carbocycles. The predicted octanol–water partition coefficient (Wildman–Crippen LogP) is 2.84. The van der Waals surface area contributed by atoms with E-state index in [4.69, 9.17) is 10.5 Å². The highest BCUT2D eigenvalue weighted by Gasteiger charge is 2.46. The molecule has 1 aromatic carbocycles. The lowest BCUT2D eigenvalue weighted by atomic mass is 9.66. The number of nitrogens with two attached hydrogens (primary N) is 1. The Morgan fingerprint density at radius 2 is 2.06 bits per heavy atom. The number of fused-ring (bicyclic) bond motifs is 1. The number of nitrogens with one attached hydrogen (secondary N) is 2. The van der Waals surface area contributed by atoms with Gasteiger partial charge in [-0.25, -0.2) is 4.98 Å². The monoisotopic (exact) mass is 464 g/mol. The molecule has 170 valence electrons. The molecular weight excluding hydrogens is 440 g/mol. The van der Waals surface area contributed by atoms with Crippen molar-refractivity contribution in [2.45, 2.75) is 43.6 Å². The van der Waals surface area contributed by atoms with E-state index in [2.05, 4.69) is 15.3 Å². The summed E-state index contributed by atoms with van der Waals surface area (Å²) >= 11 is 1.19. The molecule has 5 rings (SSSR count). The highest BCUT2D eigenvalue weighted by atomic mass is 32.1. The number of nitrogens with zero attached hydrogens (tertiary/aromatic N) is 1. The Bertz CT molecular complexity index is 1260. The molecule has 1 unspecified atom stereocenters. The molecule has 33 heavy (non-hydrogen) atoms. The van der Waals surface area contributed by atoms with Gasteiger partial charge in [-0.15, -0.1) is 11.3 Å². The lowest BCUT2D eigenvalue weighted by Crippen LogP contribution is -2.41. The molecular formula is C24H24N4O4S. The first kappa shape index (κ1) is 21.4. The fourth-order valence-corrected chi connectivity index (χ4v) is 5.65. The topological polar surface area (TPSA) is 127 Å². The van der Waals surface area contributed by atoms with Crippen LogP contribution in [0.2, 0.25) is 0 Å². The van der Waals surface area contributed by atoms with Crippen LogP contribution in [0.4, 0.5) is 5.00 Å². The molecule has 0 saturated heterocycles. The average Bonchev–Trinajstić information content (AvgIpc) is 3.56. The number of hydrogen-bond acceptors (Lipinski definition) is 7. The Balaban J connectivity index is 1.47. The fraction of sp³-hybridized carbons (Fsp3) is 0.333. The normalized spacial score (nSPS) is 19.7. The number of carbonyl (C=O) groups is 2. The summed E-state index contributed by atoms with van der Waals surface area (Å²) in [6, 6.07) is 9.82. The zero-order valence-corrected chi connectivity index (χ0v) is 18.7. The lowest BCUT2D eigenvalue weighted by molar-refractivity contribution is 0.0833. The molecule has 4 N–H and O–H groups in total. The predicted molar refractivity (Wildman–Crippen MR) is 125 cm³/mol. The van der Waals surface area contributed by atoms with Crippen LogP contribution in [0, 0.1) is 0 Å². The summed E-state index contributed by atoms with van der Waals surface area (Å²) in [6.45, 7) is 0.167. The largest absolute Gasteiger partial charge is 0.487 e. The Labute approximate surface area is 194 Å². The van der Waals surface area contributed by atoms with Crippen LogP contribution in [0.5, 0.6) is 5.75 Å². The number of nitrogen functional groups attached to an aromatic ring is 1. The highest BCUT2D eigenvalue weighted by Crippen LogP contribution is 2.46. The number of carbonyl (C=O) groups excluding carboxylic acids is 2. The van der Waals surface area contributed by atoms with Gasteiger partial charge in [0.2, 0.25) is 5.75 Å². The number of rotatable bonds is 7. The standard InChI is InChI=1S/C24H24N4O4S/c25-21-18(23(31)28-15-6-7-15)16-8-9-24(20(29)19(16)33-21,14-4-2-1-3-5-14)10-11-32-17-12-26-13-27-22(17)30/h1-5,12-13,15H,6-11,25H2,(H,28,31)(H,26,27,30). The van der Waals surface area contributed by atoms with E-state index in [-0.39, 0.29) is 35.6 Å². The van der Waals surface area contributed by atoms with Crippen molar-refractivity contribution >= 4 is 28.0 Å². The molecule has 3 aromatic rings. The summed E-state index contributed by atoms with van der Waals surface area (Å²) in [6.07, 6.45) is 6.08. The second-order valence-corrected chi connectivity index (χ2v) is 9.57. The average molecular weight is 465 g/mol. The maximum absolute atomic E-state index is 14.0. The Hall–Kier alpha value is -3.46. The zero-order chi connectivity index (χ0) is 23.0. The minimum Gasteiger partial charge on any atom is -0.487 e. The van der Waals surface area contributed by atoms with Gasteiger partial charge in [-0.3, -0.25) is 14.4 Å². The number of amides is 1. The lowest BCUT2D eigenvalue weighted by Gasteiger charge is -2.36. The summed E-state index contributed by atoms with van der Waals surface area (Å²) in [4.78, 5) is 45.6. The third-order valence-corrected chi connectivity index (χ3v) is 7.48. The number of ether oxygens (including phenoxy) is 1. The van der Waals surface area contributed by atoms with Crippen molar-refractivity contribution in [3.05, 3.63) is 74.8 Å². The van der Waals surface area contributed by atoms with E-state index in [1.54, 1.807) is 0 Å². The Morgan fingerprint density at radius 3 is 2.79 bits per heavy atom. The molecule has 1 fully saturated rings.